The van der Waals surface area contributed by atoms with Crippen molar-refractivity contribution in [3.8, 4) is 5.75 Å². The van der Waals surface area contributed by atoms with Crippen LogP contribution in [0.4, 0.5) is 17.1 Å². The highest BCUT2D eigenvalue weighted by molar-refractivity contribution is 5.94. The largest absolute Gasteiger partial charge is 0.507 e. The fraction of sp³-hybridized carbons (Fsp3) is 0.345. The molecule has 0 unspecified atom stereocenters. The topological polar surface area (TPSA) is 52.6 Å². The van der Waals surface area contributed by atoms with Gasteiger partial charge in [-0.15, -0.1) is 0 Å². The standard InChI is InChI=1S/C29H36N2O2/c1-5-6-10-24-20-23(19-22(4)29(24)33)13-18-28(32)31(21(2)3)27-16-14-26(15-17-27)30-25-11-8-7-9-12-25/h7-9,11-12,14-17,19-21,30,33H,5-6,10,13,18H2,1-4H3. The number of aromatic hydroxyl groups is 1. The lowest BCUT2D eigenvalue weighted by molar-refractivity contribution is -0.118. The molecule has 0 saturated heterocycles. The van der Waals surface area contributed by atoms with Crippen molar-refractivity contribution in [2.24, 2.45) is 0 Å². The molecular formula is C29H36N2O2. The Morgan fingerprint density at radius 1 is 0.970 bits per heavy atom. The van der Waals surface area contributed by atoms with Crippen LogP contribution in [0, 0.1) is 6.92 Å². The highest BCUT2D eigenvalue weighted by Crippen LogP contribution is 2.27. The van der Waals surface area contributed by atoms with E-state index in [9.17, 15) is 9.90 Å². The predicted molar refractivity (Wildman–Crippen MR) is 139 cm³/mol. The van der Waals surface area contributed by atoms with Gasteiger partial charge in [-0.3, -0.25) is 4.79 Å². The Kier molecular flexibility index (Phi) is 8.53. The summed E-state index contributed by atoms with van der Waals surface area (Å²) < 4.78 is 0. The fourth-order valence-corrected chi connectivity index (χ4v) is 4.13. The minimum Gasteiger partial charge on any atom is -0.507 e. The van der Waals surface area contributed by atoms with Crippen molar-refractivity contribution in [1.82, 2.24) is 0 Å². The number of unbranched alkanes of at least 4 members (excludes halogenated alkanes) is 1. The maximum absolute atomic E-state index is 13.2. The van der Waals surface area contributed by atoms with Crippen molar-refractivity contribution in [2.75, 3.05) is 10.2 Å². The highest BCUT2D eigenvalue weighted by atomic mass is 16.3. The zero-order valence-electron chi connectivity index (χ0n) is 20.3. The summed E-state index contributed by atoms with van der Waals surface area (Å²) in [6, 6.07) is 22.2. The van der Waals surface area contributed by atoms with Gasteiger partial charge in [-0.2, -0.15) is 0 Å². The third-order valence-electron chi connectivity index (χ3n) is 5.86. The number of amides is 1. The van der Waals surface area contributed by atoms with E-state index in [0.717, 1.165) is 53.0 Å². The van der Waals surface area contributed by atoms with Gasteiger partial charge in [0, 0.05) is 29.5 Å². The monoisotopic (exact) mass is 444 g/mol. The maximum Gasteiger partial charge on any atom is 0.227 e. The minimum absolute atomic E-state index is 0.0621. The molecule has 0 saturated carbocycles. The second-order valence-corrected chi connectivity index (χ2v) is 8.92. The number of nitrogens with one attached hydrogen (secondary N) is 1. The Labute approximate surface area is 198 Å². The summed E-state index contributed by atoms with van der Waals surface area (Å²) in [5, 5.41) is 13.8. The third-order valence-corrected chi connectivity index (χ3v) is 5.86. The van der Waals surface area contributed by atoms with Crippen LogP contribution in [0.25, 0.3) is 0 Å². The minimum atomic E-state index is 0.0621. The molecular weight excluding hydrogens is 408 g/mol. The van der Waals surface area contributed by atoms with Crippen LogP contribution >= 0.6 is 0 Å². The quantitative estimate of drug-likeness (QED) is 0.349. The molecule has 0 heterocycles. The van der Waals surface area contributed by atoms with Crippen molar-refractivity contribution in [2.45, 2.75) is 65.8 Å². The number of nitrogens with zero attached hydrogens (tertiary/aromatic N) is 1. The first-order chi connectivity index (χ1) is 15.9. The first-order valence-corrected chi connectivity index (χ1v) is 11.9. The number of carbonyl (C=O) groups is 1. The van der Waals surface area contributed by atoms with E-state index in [2.05, 4.69) is 18.3 Å². The van der Waals surface area contributed by atoms with Gasteiger partial charge in [-0.25, -0.2) is 0 Å². The van der Waals surface area contributed by atoms with Crippen LogP contribution in [-0.2, 0) is 17.6 Å². The average Bonchev–Trinajstić information content (AvgIpc) is 2.80. The Hall–Kier alpha value is -3.27. The summed E-state index contributed by atoms with van der Waals surface area (Å²) >= 11 is 0. The van der Waals surface area contributed by atoms with E-state index in [-0.39, 0.29) is 11.9 Å². The van der Waals surface area contributed by atoms with Crippen LogP contribution in [0.3, 0.4) is 0 Å². The van der Waals surface area contributed by atoms with E-state index in [4.69, 9.17) is 0 Å². The van der Waals surface area contributed by atoms with E-state index in [0.29, 0.717) is 18.6 Å². The SMILES string of the molecule is CCCCc1cc(CCC(=O)N(c2ccc(Nc3ccccc3)cc2)C(C)C)cc(C)c1O. The Balaban J connectivity index is 1.69. The normalized spacial score (nSPS) is 10.9. The van der Waals surface area contributed by atoms with Gasteiger partial charge in [0.1, 0.15) is 5.75 Å². The lowest BCUT2D eigenvalue weighted by Crippen LogP contribution is -2.37. The molecule has 0 spiro atoms. The lowest BCUT2D eigenvalue weighted by atomic mass is 9.98. The summed E-state index contributed by atoms with van der Waals surface area (Å²) in [6.07, 6.45) is 4.10. The van der Waals surface area contributed by atoms with Crippen molar-refractivity contribution in [3.63, 3.8) is 0 Å². The number of phenolic OH excluding ortho intramolecular Hbond substituents is 1. The molecule has 0 radical (unpaired) electrons. The van der Waals surface area contributed by atoms with Gasteiger partial charge < -0.3 is 15.3 Å². The average molecular weight is 445 g/mol. The van der Waals surface area contributed by atoms with Crippen molar-refractivity contribution < 1.29 is 9.90 Å². The van der Waals surface area contributed by atoms with E-state index in [1.807, 2.05) is 86.3 Å². The van der Waals surface area contributed by atoms with Crippen molar-refractivity contribution in [1.29, 1.82) is 0 Å². The number of hydrogen-bond donors (Lipinski definition) is 2. The predicted octanol–water partition coefficient (Wildman–Crippen LogP) is 7.16. The number of aryl methyl sites for hydroxylation is 3. The van der Waals surface area contributed by atoms with Gasteiger partial charge in [-0.1, -0.05) is 43.7 Å². The van der Waals surface area contributed by atoms with E-state index < -0.39 is 0 Å². The Morgan fingerprint density at radius 2 is 1.64 bits per heavy atom. The van der Waals surface area contributed by atoms with Gasteiger partial charge in [0.05, 0.1) is 0 Å². The molecule has 3 aromatic rings. The van der Waals surface area contributed by atoms with E-state index in [1.165, 1.54) is 0 Å². The highest BCUT2D eigenvalue weighted by Gasteiger charge is 2.19. The number of para-hydroxylation sites is 1. The van der Waals surface area contributed by atoms with Crippen LogP contribution in [0.5, 0.6) is 5.75 Å². The second kappa shape index (κ2) is 11.6. The number of carbonyl (C=O) groups excluding carboxylic acids is 1. The molecule has 0 aliphatic heterocycles. The van der Waals surface area contributed by atoms with Gasteiger partial charge >= 0.3 is 0 Å². The molecule has 2 N–H and O–H groups in total. The van der Waals surface area contributed by atoms with Crippen LogP contribution in [0.2, 0.25) is 0 Å². The zero-order chi connectivity index (χ0) is 23.8. The third kappa shape index (κ3) is 6.61. The molecule has 33 heavy (non-hydrogen) atoms. The van der Waals surface area contributed by atoms with Crippen molar-refractivity contribution in [3.05, 3.63) is 83.4 Å². The Bertz CT molecular complexity index is 1040. The van der Waals surface area contributed by atoms with Crippen molar-refractivity contribution >= 4 is 23.0 Å². The van der Waals surface area contributed by atoms with Crippen LogP contribution in [-0.4, -0.2) is 17.1 Å². The number of hydrogen-bond acceptors (Lipinski definition) is 3. The molecule has 0 atom stereocenters. The second-order valence-electron chi connectivity index (χ2n) is 8.92. The summed E-state index contributed by atoms with van der Waals surface area (Å²) in [4.78, 5) is 15.1. The number of anilines is 3. The van der Waals surface area contributed by atoms with E-state index in [1.54, 1.807) is 0 Å². The van der Waals surface area contributed by atoms with Gasteiger partial charge in [-0.05, 0) is 93.1 Å². The number of benzene rings is 3. The lowest BCUT2D eigenvalue weighted by Gasteiger charge is -2.27. The fourth-order valence-electron chi connectivity index (χ4n) is 4.13. The van der Waals surface area contributed by atoms with Gasteiger partial charge in [0.25, 0.3) is 0 Å². The van der Waals surface area contributed by atoms with Crippen LogP contribution in [0.15, 0.2) is 66.7 Å². The molecule has 1 amide bonds. The van der Waals surface area contributed by atoms with Crippen LogP contribution in [0.1, 0.15) is 56.7 Å². The molecule has 0 aliphatic carbocycles. The zero-order valence-corrected chi connectivity index (χ0v) is 20.3. The summed E-state index contributed by atoms with van der Waals surface area (Å²) in [6.45, 7) is 8.17. The molecule has 0 aliphatic rings. The summed E-state index contributed by atoms with van der Waals surface area (Å²) in [5.41, 5.74) is 5.90. The Morgan fingerprint density at radius 3 is 2.27 bits per heavy atom. The molecule has 0 bridgehead atoms. The first-order valence-electron chi connectivity index (χ1n) is 11.9. The summed E-state index contributed by atoms with van der Waals surface area (Å²) in [5.74, 6) is 0.501. The first kappa shape index (κ1) is 24.4. The molecule has 4 nitrogen and oxygen atoms in total. The molecule has 0 aromatic heterocycles. The molecule has 0 fully saturated rings. The molecule has 3 aromatic carbocycles. The maximum atomic E-state index is 13.2. The molecule has 3 rings (SSSR count). The van der Waals surface area contributed by atoms with Gasteiger partial charge in [0.2, 0.25) is 5.91 Å². The number of phenols is 1. The summed E-state index contributed by atoms with van der Waals surface area (Å²) in [7, 11) is 0. The van der Waals surface area contributed by atoms with Gasteiger partial charge in [0.15, 0.2) is 0 Å². The smallest absolute Gasteiger partial charge is 0.227 e. The number of rotatable bonds is 10. The van der Waals surface area contributed by atoms with Crippen LogP contribution < -0.4 is 10.2 Å². The molecule has 4 heteroatoms. The van der Waals surface area contributed by atoms with E-state index >= 15 is 0 Å². The molecule has 174 valence electrons.